The molecule has 0 aliphatic carbocycles. The number of hydrogen-bond acceptors (Lipinski definition) is 2. The molecule has 0 heterocycles. The van der Waals surface area contributed by atoms with Gasteiger partial charge in [-0.3, -0.25) is 0 Å². The fourth-order valence-corrected chi connectivity index (χ4v) is 2.00. The van der Waals surface area contributed by atoms with Crippen LogP contribution >= 0.6 is 15.9 Å². The highest BCUT2D eigenvalue weighted by atomic mass is 79.9. The Kier molecular flexibility index (Phi) is 2.18. The van der Waals surface area contributed by atoms with Crippen LogP contribution in [0.2, 0.25) is 0 Å². The minimum atomic E-state index is -3.51. The van der Waals surface area contributed by atoms with Gasteiger partial charge in [0, 0.05) is 17.3 Å². The first-order valence-electron chi connectivity index (χ1n) is 4.91. The Morgan fingerprint density at radius 1 is 1.50 bits per heavy atom. The highest BCUT2D eigenvalue weighted by molar-refractivity contribution is 9.10. The summed E-state index contributed by atoms with van der Waals surface area (Å²) in [7, 11) is -3.51. The van der Waals surface area contributed by atoms with Gasteiger partial charge < -0.3 is 0 Å². The van der Waals surface area contributed by atoms with Crippen LogP contribution in [0, 0.1) is 11.6 Å². The van der Waals surface area contributed by atoms with Crippen LogP contribution in [0.5, 0.6) is 0 Å². The second-order valence-corrected chi connectivity index (χ2v) is 5.67. The van der Waals surface area contributed by atoms with Gasteiger partial charge in [0.05, 0.1) is 19.1 Å². The van der Waals surface area contributed by atoms with E-state index in [1.807, 2.05) is 0 Å². The maximum absolute atomic E-state index is 13.5. The van der Waals surface area contributed by atoms with E-state index in [4.69, 9.17) is 4.11 Å². The lowest BCUT2D eigenvalue weighted by molar-refractivity contribution is 0.567. The predicted molar refractivity (Wildman–Crippen MR) is 54.7 cm³/mol. The van der Waals surface area contributed by atoms with Gasteiger partial charge in [-0.1, -0.05) is 0 Å². The second-order valence-electron chi connectivity index (χ2n) is 2.59. The molecule has 0 aliphatic rings. The van der Waals surface area contributed by atoms with Crippen molar-refractivity contribution >= 4 is 25.7 Å². The molecule has 1 rings (SSSR count). The zero-order chi connectivity index (χ0) is 13.4. The number of nitrogens with zero attached hydrogens (tertiary/aromatic N) is 1. The molecule has 0 fully saturated rings. The molecule has 6 heteroatoms. The van der Waals surface area contributed by atoms with E-state index in [-0.39, 0.29) is 4.47 Å². The van der Waals surface area contributed by atoms with E-state index in [9.17, 15) is 13.0 Å². The van der Waals surface area contributed by atoms with Crippen molar-refractivity contribution in [1.29, 1.82) is 0 Å². The fourth-order valence-electron chi connectivity index (χ4n) is 0.844. The molecule has 0 spiro atoms. The zero-order valence-corrected chi connectivity index (χ0v) is 9.45. The van der Waals surface area contributed by atoms with Gasteiger partial charge in [0.25, 0.3) is 0 Å². The summed E-state index contributed by atoms with van der Waals surface area (Å²) < 4.78 is 62.1. The average Bonchev–Trinajstić information content (AvgIpc) is 2.06. The van der Waals surface area contributed by atoms with Crippen molar-refractivity contribution in [2.24, 2.45) is 4.36 Å². The normalized spacial score (nSPS) is 19.0. The van der Waals surface area contributed by atoms with Gasteiger partial charge in [-0.15, -0.1) is 0 Å². The SMILES string of the molecule is [2H]C([2H])([2H])N=S(C)(=O)c1cc(F)c(Br)cc1F. The molecule has 14 heavy (non-hydrogen) atoms. The first-order valence-corrected chi connectivity index (χ1v) is 6.12. The molecule has 1 aromatic rings. The Balaban J connectivity index is 3.50. The van der Waals surface area contributed by atoms with E-state index in [0.717, 1.165) is 12.3 Å². The number of rotatable bonds is 1. The highest BCUT2D eigenvalue weighted by Crippen LogP contribution is 2.23. The molecule has 2 nitrogen and oxygen atoms in total. The van der Waals surface area contributed by atoms with E-state index < -0.39 is 33.2 Å². The minimum Gasteiger partial charge on any atom is -0.245 e. The molecule has 1 atom stereocenters. The third-order valence-corrected chi connectivity index (χ3v) is 3.64. The molecule has 78 valence electrons. The molecule has 1 unspecified atom stereocenters. The highest BCUT2D eigenvalue weighted by Gasteiger charge is 2.14. The third-order valence-electron chi connectivity index (χ3n) is 1.56. The van der Waals surface area contributed by atoms with Crippen LogP contribution in [0.3, 0.4) is 0 Å². The minimum absolute atomic E-state index is 0.136. The van der Waals surface area contributed by atoms with Gasteiger partial charge in [0.2, 0.25) is 0 Å². The summed E-state index contributed by atoms with van der Waals surface area (Å²) in [6.07, 6.45) is 0.950. The summed E-state index contributed by atoms with van der Waals surface area (Å²) in [5.74, 6) is -1.81. The van der Waals surface area contributed by atoms with Crippen LogP contribution in [0.1, 0.15) is 4.11 Å². The molecular weight excluding hydrogens is 276 g/mol. The van der Waals surface area contributed by atoms with Crippen LogP contribution < -0.4 is 0 Å². The van der Waals surface area contributed by atoms with Crippen molar-refractivity contribution in [2.75, 3.05) is 13.2 Å². The van der Waals surface area contributed by atoms with Crippen LogP contribution in [0.15, 0.2) is 25.9 Å². The van der Waals surface area contributed by atoms with Crippen molar-refractivity contribution in [1.82, 2.24) is 0 Å². The first-order chi connectivity index (χ1) is 7.53. The zero-order valence-electron chi connectivity index (χ0n) is 10.1. The van der Waals surface area contributed by atoms with E-state index in [1.54, 1.807) is 0 Å². The molecule has 0 saturated heterocycles. The first kappa shape index (κ1) is 7.76. The van der Waals surface area contributed by atoms with E-state index in [2.05, 4.69) is 20.3 Å². The molecule has 1 aromatic carbocycles. The lowest BCUT2D eigenvalue weighted by atomic mass is 10.3. The molecule has 0 aliphatic heterocycles. The standard InChI is InChI=1S/C8H8BrF2NOS/c1-12-14(2,13)8-4-6(10)5(9)3-7(8)11/h3-4H,1-2H3/i1D3. The Morgan fingerprint density at radius 2 is 2.14 bits per heavy atom. The van der Waals surface area contributed by atoms with Gasteiger partial charge in [0.15, 0.2) is 0 Å². The summed E-state index contributed by atoms with van der Waals surface area (Å²) in [5, 5.41) is 0. The van der Waals surface area contributed by atoms with Crippen molar-refractivity contribution in [2.45, 2.75) is 4.90 Å². The van der Waals surface area contributed by atoms with Crippen LogP contribution in [0.4, 0.5) is 8.78 Å². The van der Waals surface area contributed by atoms with Gasteiger partial charge in [-0.05, 0) is 28.1 Å². The Bertz CT molecular complexity index is 567. The number of benzene rings is 1. The largest absolute Gasteiger partial charge is 0.245 e. The van der Waals surface area contributed by atoms with Crippen LogP contribution in [0.25, 0.3) is 0 Å². The van der Waals surface area contributed by atoms with Crippen molar-refractivity contribution in [3.63, 3.8) is 0 Å². The van der Waals surface area contributed by atoms with Gasteiger partial charge >= 0.3 is 0 Å². The second kappa shape index (κ2) is 3.94. The summed E-state index contributed by atoms with van der Waals surface area (Å²) in [4.78, 5) is -0.561. The van der Waals surface area contributed by atoms with Crippen molar-refractivity contribution < 1.29 is 17.1 Å². The quantitative estimate of drug-likeness (QED) is 0.730. The van der Waals surface area contributed by atoms with E-state index in [0.29, 0.717) is 6.07 Å². The number of halogens is 3. The van der Waals surface area contributed by atoms with Crippen molar-refractivity contribution in [3.05, 3.63) is 28.2 Å². The summed E-state index contributed by atoms with van der Waals surface area (Å²) in [6, 6.07) is 1.46. The molecule has 0 amide bonds. The smallest absolute Gasteiger partial charge is 0.141 e. The van der Waals surface area contributed by atoms with Gasteiger partial charge in [0.1, 0.15) is 11.6 Å². The molecular formula is C8H8BrF2NOS. The van der Waals surface area contributed by atoms with Crippen LogP contribution in [-0.4, -0.2) is 17.4 Å². The Morgan fingerprint density at radius 3 is 2.71 bits per heavy atom. The molecule has 0 saturated carbocycles. The third kappa shape index (κ3) is 2.12. The molecule has 0 N–H and O–H groups in total. The summed E-state index contributed by atoms with van der Waals surface area (Å²) >= 11 is 2.76. The van der Waals surface area contributed by atoms with E-state index >= 15 is 0 Å². The number of hydrogen-bond donors (Lipinski definition) is 0. The Hall–Kier alpha value is -0.490. The topological polar surface area (TPSA) is 29.4 Å². The predicted octanol–water partition coefficient (Wildman–Crippen LogP) is 2.81. The Labute approximate surface area is 93.9 Å². The summed E-state index contributed by atoms with van der Waals surface area (Å²) in [6.45, 7) is -2.83. The maximum atomic E-state index is 13.5. The van der Waals surface area contributed by atoms with Crippen LogP contribution in [-0.2, 0) is 9.73 Å². The molecule has 0 aromatic heterocycles. The average molecular weight is 287 g/mol. The lowest BCUT2D eigenvalue weighted by Gasteiger charge is -2.05. The molecule has 0 radical (unpaired) electrons. The molecule has 0 bridgehead atoms. The van der Waals surface area contributed by atoms with Gasteiger partial charge in [-0.25, -0.2) is 17.4 Å². The van der Waals surface area contributed by atoms with Gasteiger partial charge in [-0.2, -0.15) is 0 Å². The summed E-state index contributed by atoms with van der Waals surface area (Å²) in [5.41, 5.74) is 0. The maximum Gasteiger partial charge on any atom is 0.141 e. The fraction of sp³-hybridized carbons (Fsp3) is 0.250. The van der Waals surface area contributed by atoms with E-state index in [1.165, 1.54) is 0 Å². The van der Waals surface area contributed by atoms with Crippen molar-refractivity contribution in [3.8, 4) is 0 Å². The monoisotopic (exact) mass is 286 g/mol. The lowest BCUT2D eigenvalue weighted by Crippen LogP contribution is -2.01.